The molecule has 4 aromatic rings. The lowest BCUT2D eigenvalue weighted by molar-refractivity contribution is -0.115. The van der Waals surface area contributed by atoms with E-state index in [0.29, 0.717) is 11.7 Å². The Labute approximate surface area is 175 Å². The van der Waals surface area contributed by atoms with Crippen molar-refractivity contribution in [1.82, 2.24) is 4.98 Å². The number of hydrogen-bond donors (Lipinski definition) is 0. The second-order valence-corrected chi connectivity index (χ2v) is 8.04. The summed E-state index contributed by atoms with van der Waals surface area (Å²) in [6, 6.07) is 22.7. The van der Waals surface area contributed by atoms with E-state index in [1.807, 2.05) is 36.6 Å². The molecule has 5 heteroatoms. The van der Waals surface area contributed by atoms with Crippen molar-refractivity contribution in [3.63, 3.8) is 0 Å². The Bertz CT molecular complexity index is 1170. The van der Waals surface area contributed by atoms with Crippen LogP contribution in [-0.4, -0.2) is 17.9 Å². The van der Waals surface area contributed by atoms with Gasteiger partial charge in [-0.2, -0.15) is 0 Å². The highest BCUT2D eigenvalue weighted by atomic mass is 32.1. The summed E-state index contributed by atoms with van der Waals surface area (Å²) in [5.74, 6) is -0.0422. The first-order valence-corrected chi connectivity index (χ1v) is 10.4. The van der Waals surface area contributed by atoms with Crippen LogP contribution in [0.15, 0.2) is 72.1 Å². The molecule has 0 spiro atoms. The highest BCUT2D eigenvalue weighted by Gasteiger charge is 2.18. The molecule has 0 unspecified atom stereocenters. The Morgan fingerprint density at radius 3 is 2.52 bits per heavy atom. The molecular weight excluding hydrogens is 378 g/mol. The van der Waals surface area contributed by atoms with Gasteiger partial charge in [0.2, 0.25) is 5.91 Å². The number of carbonyl (C=O) groups is 1. The quantitative estimate of drug-likeness (QED) is 0.416. The number of nitrogens with zero attached hydrogens (tertiary/aromatic N) is 3. The Morgan fingerprint density at radius 2 is 1.76 bits per heavy atom. The minimum Gasteiger partial charge on any atom is -0.369 e. The van der Waals surface area contributed by atoms with Gasteiger partial charge in [0.05, 0.1) is 17.9 Å². The maximum atomic E-state index is 12.3. The van der Waals surface area contributed by atoms with Gasteiger partial charge in [0.25, 0.3) is 0 Å². The summed E-state index contributed by atoms with van der Waals surface area (Å²) in [6.07, 6.45) is 0. The molecule has 146 valence electrons. The van der Waals surface area contributed by atoms with E-state index in [9.17, 15) is 4.79 Å². The maximum absolute atomic E-state index is 12.3. The summed E-state index contributed by atoms with van der Waals surface area (Å²) >= 11 is 1.49. The summed E-state index contributed by atoms with van der Waals surface area (Å²) in [5, 5.41) is 5.18. The third-order valence-corrected chi connectivity index (χ3v) is 5.75. The van der Waals surface area contributed by atoms with Crippen LogP contribution in [0.1, 0.15) is 18.2 Å². The van der Waals surface area contributed by atoms with Gasteiger partial charge in [0.1, 0.15) is 0 Å². The zero-order valence-electron chi connectivity index (χ0n) is 16.8. The normalized spacial score (nSPS) is 10.9. The van der Waals surface area contributed by atoms with Crippen molar-refractivity contribution in [1.29, 1.82) is 0 Å². The number of carbonyl (C=O) groups excluding carboxylic acids is 1. The zero-order chi connectivity index (χ0) is 20.4. The van der Waals surface area contributed by atoms with Gasteiger partial charge in [-0.15, -0.1) is 11.3 Å². The zero-order valence-corrected chi connectivity index (χ0v) is 17.6. The second kappa shape index (κ2) is 8.05. The van der Waals surface area contributed by atoms with E-state index in [0.717, 1.165) is 22.6 Å². The monoisotopic (exact) mass is 401 g/mol. The van der Waals surface area contributed by atoms with Crippen LogP contribution < -0.4 is 9.80 Å². The van der Waals surface area contributed by atoms with E-state index < -0.39 is 0 Å². The molecule has 4 rings (SSSR count). The number of anilines is 3. The first kappa shape index (κ1) is 19.2. The molecule has 1 amide bonds. The molecule has 0 saturated carbocycles. The van der Waals surface area contributed by atoms with E-state index in [1.165, 1.54) is 22.1 Å². The molecule has 0 atom stereocenters. The topological polar surface area (TPSA) is 36.4 Å². The van der Waals surface area contributed by atoms with Gasteiger partial charge in [0.15, 0.2) is 5.13 Å². The first-order valence-electron chi connectivity index (χ1n) is 9.53. The van der Waals surface area contributed by atoms with E-state index in [-0.39, 0.29) is 5.91 Å². The van der Waals surface area contributed by atoms with Crippen LogP contribution in [0.4, 0.5) is 16.5 Å². The summed E-state index contributed by atoms with van der Waals surface area (Å²) in [7, 11) is 2.06. The summed E-state index contributed by atoms with van der Waals surface area (Å²) in [5.41, 5.74) is 4.04. The molecule has 1 aromatic heterocycles. The smallest absolute Gasteiger partial charge is 0.230 e. The molecular formula is C24H23N3OS. The van der Waals surface area contributed by atoms with Crippen molar-refractivity contribution < 1.29 is 4.79 Å². The number of amides is 1. The van der Waals surface area contributed by atoms with E-state index in [4.69, 9.17) is 4.98 Å². The van der Waals surface area contributed by atoms with E-state index in [2.05, 4.69) is 54.4 Å². The van der Waals surface area contributed by atoms with Crippen LogP contribution in [0.2, 0.25) is 0 Å². The van der Waals surface area contributed by atoms with Crippen molar-refractivity contribution in [3.05, 3.63) is 83.4 Å². The van der Waals surface area contributed by atoms with Crippen molar-refractivity contribution >= 4 is 44.5 Å². The Morgan fingerprint density at radius 1 is 0.966 bits per heavy atom. The van der Waals surface area contributed by atoms with Gasteiger partial charge in [-0.3, -0.25) is 9.69 Å². The molecule has 0 aliphatic heterocycles. The van der Waals surface area contributed by atoms with Crippen molar-refractivity contribution in [2.45, 2.75) is 20.4 Å². The molecule has 0 aliphatic carbocycles. The van der Waals surface area contributed by atoms with Crippen molar-refractivity contribution in [2.24, 2.45) is 0 Å². The number of rotatable bonds is 5. The number of fused-ring (bicyclic) bond motifs is 1. The molecule has 0 N–H and O–H groups in total. The van der Waals surface area contributed by atoms with Crippen LogP contribution in [-0.2, 0) is 11.3 Å². The summed E-state index contributed by atoms with van der Waals surface area (Å²) < 4.78 is 0. The summed E-state index contributed by atoms with van der Waals surface area (Å²) in [4.78, 5) is 20.9. The predicted molar refractivity (Wildman–Crippen MR) is 122 cm³/mol. The van der Waals surface area contributed by atoms with Crippen LogP contribution in [0, 0.1) is 6.92 Å². The highest BCUT2D eigenvalue weighted by molar-refractivity contribution is 7.14. The molecule has 4 nitrogen and oxygen atoms in total. The van der Waals surface area contributed by atoms with Crippen molar-refractivity contribution in [3.8, 4) is 0 Å². The van der Waals surface area contributed by atoms with Crippen LogP contribution in [0.25, 0.3) is 10.8 Å². The number of benzene rings is 3. The predicted octanol–water partition coefficient (Wildman–Crippen LogP) is 5.93. The second-order valence-electron chi connectivity index (χ2n) is 7.20. The molecule has 0 bridgehead atoms. The van der Waals surface area contributed by atoms with Gasteiger partial charge in [-0.1, -0.05) is 42.5 Å². The fourth-order valence-electron chi connectivity index (χ4n) is 3.41. The number of aryl methyl sites for hydroxylation is 1. The average Bonchev–Trinajstić information content (AvgIpc) is 3.15. The fraction of sp³-hybridized carbons (Fsp3) is 0.167. The van der Waals surface area contributed by atoms with Crippen LogP contribution in [0.3, 0.4) is 0 Å². The Kier molecular flexibility index (Phi) is 5.32. The van der Waals surface area contributed by atoms with Gasteiger partial charge in [-0.25, -0.2) is 4.98 Å². The van der Waals surface area contributed by atoms with Crippen LogP contribution in [0.5, 0.6) is 0 Å². The molecule has 1 heterocycles. The van der Waals surface area contributed by atoms with Gasteiger partial charge < -0.3 is 4.90 Å². The maximum Gasteiger partial charge on any atom is 0.230 e. The SMILES string of the molecule is CC(=O)N(c1cccc(C)c1)c1nc(CN(C)c2ccc3ccccc3c2)cs1. The highest BCUT2D eigenvalue weighted by Crippen LogP contribution is 2.30. The minimum absolute atomic E-state index is 0.0422. The molecule has 0 aliphatic rings. The lowest BCUT2D eigenvalue weighted by atomic mass is 10.1. The van der Waals surface area contributed by atoms with E-state index >= 15 is 0 Å². The van der Waals surface area contributed by atoms with Crippen LogP contribution >= 0.6 is 11.3 Å². The average molecular weight is 402 g/mol. The first-order chi connectivity index (χ1) is 14.0. The summed E-state index contributed by atoms with van der Waals surface area (Å²) in [6.45, 7) is 4.27. The van der Waals surface area contributed by atoms with E-state index in [1.54, 1.807) is 11.8 Å². The Balaban J connectivity index is 1.56. The molecule has 3 aromatic carbocycles. The minimum atomic E-state index is -0.0422. The lowest BCUT2D eigenvalue weighted by Crippen LogP contribution is -2.23. The largest absolute Gasteiger partial charge is 0.369 e. The lowest BCUT2D eigenvalue weighted by Gasteiger charge is -2.20. The molecule has 0 radical (unpaired) electrons. The Hall–Kier alpha value is -3.18. The molecule has 0 fully saturated rings. The van der Waals surface area contributed by atoms with Gasteiger partial charge in [-0.05, 0) is 47.5 Å². The molecule has 0 saturated heterocycles. The third kappa shape index (κ3) is 4.15. The number of thiazole rings is 1. The number of aromatic nitrogens is 1. The van der Waals surface area contributed by atoms with Gasteiger partial charge >= 0.3 is 0 Å². The standard InChI is InChI=1S/C24H23N3OS/c1-17-7-6-10-23(13-17)27(18(2)28)24-25-21(16-29-24)15-26(3)22-12-11-19-8-4-5-9-20(19)14-22/h4-14,16H,15H2,1-3H3. The number of hydrogen-bond acceptors (Lipinski definition) is 4. The third-order valence-electron chi connectivity index (χ3n) is 4.88. The fourth-order valence-corrected chi connectivity index (χ4v) is 4.29. The van der Waals surface area contributed by atoms with Gasteiger partial charge in [0, 0.05) is 25.0 Å². The molecule has 29 heavy (non-hydrogen) atoms. The van der Waals surface area contributed by atoms with Crippen molar-refractivity contribution in [2.75, 3.05) is 16.8 Å².